The van der Waals surface area contributed by atoms with Gasteiger partial charge in [-0.25, -0.2) is 4.79 Å². The number of urea groups is 1. The lowest BCUT2D eigenvalue weighted by Crippen LogP contribution is -2.29. The molecule has 0 spiro atoms. The average Bonchev–Trinajstić information content (AvgIpc) is 2.37. The van der Waals surface area contributed by atoms with E-state index in [1.165, 1.54) is 5.56 Å². The van der Waals surface area contributed by atoms with Gasteiger partial charge in [0, 0.05) is 24.4 Å². The molecule has 0 saturated heterocycles. The number of amides is 2. The van der Waals surface area contributed by atoms with Gasteiger partial charge >= 0.3 is 12.0 Å². The molecule has 19 heavy (non-hydrogen) atoms. The summed E-state index contributed by atoms with van der Waals surface area (Å²) in [6.45, 7) is 0.350. The molecule has 2 amide bonds. The van der Waals surface area contributed by atoms with Crippen molar-refractivity contribution in [3.05, 3.63) is 29.8 Å². The van der Waals surface area contributed by atoms with Crippen LogP contribution in [-0.2, 0) is 10.5 Å². The maximum Gasteiger partial charge on any atom is 0.319 e. The molecule has 6 heteroatoms. The Morgan fingerprint density at radius 1 is 1.26 bits per heavy atom. The molecule has 0 aromatic heterocycles. The van der Waals surface area contributed by atoms with Crippen LogP contribution in [0, 0.1) is 0 Å². The maximum atomic E-state index is 11.5. The summed E-state index contributed by atoms with van der Waals surface area (Å²) < 4.78 is 0. The molecular formula is C13H18N2O3S. The molecule has 0 atom stereocenters. The first-order chi connectivity index (χ1) is 9.11. The standard InChI is InChI=1S/C13H18N2O3S/c1-19-9-10-4-6-11(7-5-10)15-13(18)14-8-2-3-12(16)17/h4-7H,2-3,8-9H2,1H3,(H,16,17)(H2,14,15,18). The first-order valence-electron chi connectivity index (χ1n) is 5.96. The van der Waals surface area contributed by atoms with E-state index in [4.69, 9.17) is 5.11 Å². The number of carboxylic acids is 1. The van der Waals surface area contributed by atoms with E-state index in [9.17, 15) is 9.59 Å². The summed E-state index contributed by atoms with van der Waals surface area (Å²) in [4.78, 5) is 21.8. The van der Waals surface area contributed by atoms with E-state index in [2.05, 4.69) is 10.6 Å². The van der Waals surface area contributed by atoms with Gasteiger partial charge in [-0.05, 0) is 30.4 Å². The first-order valence-corrected chi connectivity index (χ1v) is 7.35. The van der Waals surface area contributed by atoms with Crippen molar-refractivity contribution in [2.24, 2.45) is 0 Å². The lowest BCUT2D eigenvalue weighted by Gasteiger charge is -2.07. The van der Waals surface area contributed by atoms with E-state index in [1.54, 1.807) is 11.8 Å². The van der Waals surface area contributed by atoms with Gasteiger partial charge in [-0.2, -0.15) is 11.8 Å². The summed E-state index contributed by atoms with van der Waals surface area (Å²) in [5.74, 6) is 0.0911. The Hall–Kier alpha value is -1.69. The van der Waals surface area contributed by atoms with Crippen LogP contribution in [0.1, 0.15) is 18.4 Å². The molecule has 1 rings (SSSR count). The SMILES string of the molecule is CSCc1ccc(NC(=O)NCCCC(=O)O)cc1. The molecule has 0 aliphatic heterocycles. The minimum absolute atomic E-state index is 0.0592. The summed E-state index contributed by atoms with van der Waals surface area (Å²) in [5.41, 5.74) is 1.93. The van der Waals surface area contributed by atoms with Crippen LogP contribution in [0.3, 0.4) is 0 Å². The second kappa shape index (κ2) is 8.42. The highest BCUT2D eigenvalue weighted by molar-refractivity contribution is 7.97. The second-order valence-corrected chi connectivity index (χ2v) is 4.87. The molecule has 3 N–H and O–H groups in total. The lowest BCUT2D eigenvalue weighted by atomic mass is 10.2. The monoisotopic (exact) mass is 282 g/mol. The summed E-state index contributed by atoms with van der Waals surface area (Å²) in [7, 11) is 0. The minimum Gasteiger partial charge on any atom is -0.481 e. The Morgan fingerprint density at radius 3 is 2.53 bits per heavy atom. The van der Waals surface area contributed by atoms with Crippen LogP contribution in [0.25, 0.3) is 0 Å². The number of hydrogen-bond acceptors (Lipinski definition) is 3. The van der Waals surface area contributed by atoms with Gasteiger partial charge in [-0.3, -0.25) is 4.79 Å². The molecule has 0 aliphatic rings. The number of rotatable bonds is 7. The van der Waals surface area contributed by atoms with Crippen LogP contribution >= 0.6 is 11.8 Å². The van der Waals surface area contributed by atoms with Gasteiger partial charge in [-0.1, -0.05) is 12.1 Å². The fourth-order valence-corrected chi connectivity index (χ4v) is 1.99. The van der Waals surface area contributed by atoms with Crippen molar-refractivity contribution in [1.29, 1.82) is 0 Å². The third kappa shape index (κ3) is 6.71. The zero-order valence-corrected chi connectivity index (χ0v) is 11.6. The summed E-state index contributed by atoms with van der Waals surface area (Å²) >= 11 is 1.74. The fourth-order valence-electron chi connectivity index (χ4n) is 1.47. The lowest BCUT2D eigenvalue weighted by molar-refractivity contribution is -0.137. The highest BCUT2D eigenvalue weighted by atomic mass is 32.2. The number of aliphatic carboxylic acids is 1. The van der Waals surface area contributed by atoms with Gasteiger partial charge in [0.1, 0.15) is 0 Å². The number of nitrogens with one attached hydrogen (secondary N) is 2. The van der Waals surface area contributed by atoms with Crippen molar-refractivity contribution < 1.29 is 14.7 Å². The van der Waals surface area contributed by atoms with Crippen LogP contribution in [0.4, 0.5) is 10.5 Å². The number of carbonyl (C=O) groups is 2. The number of hydrogen-bond donors (Lipinski definition) is 3. The van der Waals surface area contributed by atoms with E-state index in [-0.39, 0.29) is 12.5 Å². The molecule has 104 valence electrons. The number of anilines is 1. The zero-order valence-electron chi connectivity index (χ0n) is 10.8. The third-order valence-electron chi connectivity index (χ3n) is 2.38. The Bertz CT molecular complexity index is 420. The van der Waals surface area contributed by atoms with Gasteiger partial charge < -0.3 is 15.7 Å². The number of carboxylic acid groups (broad SMARTS) is 1. The second-order valence-electron chi connectivity index (χ2n) is 4.01. The van der Waals surface area contributed by atoms with Gasteiger partial charge in [0.25, 0.3) is 0 Å². The van der Waals surface area contributed by atoms with Gasteiger partial charge in [0.05, 0.1) is 0 Å². The van der Waals surface area contributed by atoms with Crippen molar-refractivity contribution in [3.8, 4) is 0 Å². The number of benzene rings is 1. The molecule has 0 aliphatic carbocycles. The van der Waals surface area contributed by atoms with Crippen molar-refractivity contribution in [3.63, 3.8) is 0 Å². The van der Waals surface area contributed by atoms with Crippen LogP contribution < -0.4 is 10.6 Å². The van der Waals surface area contributed by atoms with Crippen molar-refractivity contribution in [2.75, 3.05) is 18.1 Å². The van der Waals surface area contributed by atoms with Gasteiger partial charge in [-0.15, -0.1) is 0 Å². The molecule has 5 nitrogen and oxygen atoms in total. The number of thioether (sulfide) groups is 1. The van der Waals surface area contributed by atoms with Crippen LogP contribution in [0.5, 0.6) is 0 Å². The van der Waals surface area contributed by atoms with Crippen molar-refractivity contribution in [2.45, 2.75) is 18.6 Å². The third-order valence-corrected chi connectivity index (χ3v) is 3.00. The molecular weight excluding hydrogens is 264 g/mol. The smallest absolute Gasteiger partial charge is 0.319 e. The molecule has 0 heterocycles. The topological polar surface area (TPSA) is 78.4 Å². The van der Waals surface area contributed by atoms with E-state index in [1.807, 2.05) is 30.5 Å². The highest BCUT2D eigenvalue weighted by Gasteiger charge is 2.02. The highest BCUT2D eigenvalue weighted by Crippen LogP contribution is 2.13. The summed E-state index contributed by atoms with van der Waals surface area (Å²) in [6, 6.07) is 7.32. The predicted molar refractivity (Wildman–Crippen MR) is 77.6 cm³/mol. The van der Waals surface area contributed by atoms with E-state index in [0.717, 1.165) is 11.4 Å². The van der Waals surface area contributed by atoms with Crippen LogP contribution in [0.15, 0.2) is 24.3 Å². The van der Waals surface area contributed by atoms with Gasteiger partial charge in [0.2, 0.25) is 0 Å². The molecule has 0 bridgehead atoms. The van der Waals surface area contributed by atoms with Crippen LogP contribution in [-0.4, -0.2) is 29.9 Å². The van der Waals surface area contributed by atoms with Crippen molar-refractivity contribution >= 4 is 29.4 Å². The Labute approximate surface area is 116 Å². The normalized spacial score (nSPS) is 9.95. The summed E-state index contributed by atoms with van der Waals surface area (Å²) in [6.07, 6.45) is 2.52. The van der Waals surface area contributed by atoms with E-state index in [0.29, 0.717) is 13.0 Å². The quantitative estimate of drug-likeness (QED) is 0.671. The summed E-state index contributed by atoms with van der Waals surface area (Å²) in [5, 5.41) is 13.8. The zero-order chi connectivity index (χ0) is 14.1. The van der Waals surface area contributed by atoms with Crippen molar-refractivity contribution in [1.82, 2.24) is 5.32 Å². The molecule has 1 aromatic carbocycles. The first kappa shape index (κ1) is 15.4. The van der Waals surface area contributed by atoms with E-state index >= 15 is 0 Å². The molecule has 0 fully saturated rings. The van der Waals surface area contributed by atoms with Gasteiger partial charge in [0.15, 0.2) is 0 Å². The Morgan fingerprint density at radius 2 is 1.95 bits per heavy atom. The average molecular weight is 282 g/mol. The molecule has 0 unspecified atom stereocenters. The Balaban J connectivity index is 2.29. The molecule has 1 aromatic rings. The van der Waals surface area contributed by atoms with E-state index < -0.39 is 5.97 Å². The minimum atomic E-state index is -0.855. The van der Waals surface area contributed by atoms with Crippen LogP contribution in [0.2, 0.25) is 0 Å². The largest absolute Gasteiger partial charge is 0.481 e. The predicted octanol–water partition coefficient (Wildman–Crippen LogP) is 2.54. The molecule has 0 radical (unpaired) electrons. The number of carbonyl (C=O) groups excluding carboxylic acids is 1. The molecule has 0 saturated carbocycles. The Kier molecular flexibility index (Phi) is 6.81. The maximum absolute atomic E-state index is 11.5. The fraction of sp³-hybridized carbons (Fsp3) is 0.385.